The number of rotatable bonds is 8. The van der Waals surface area contributed by atoms with Gasteiger partial charge in [-0.3, -0.25) is 14.5 Å². The standard InChI is InChI=1S/C20H20N6O6S3/c1-25-19(22-23-24-25)35-9-11-8-34-17-12(16(28)26(17)13(11)18(29)30)21-15(27)14(32-20(33)31-2)10-6-4-3-5-7-10/h3-7,12,14,17H,8-9H2,1-2H3,(H,21,27)(H,29,30)/t12-,14?,17?/m0/s1. The Morgan fingerprint density at radius 1 is 1.37 bits per heavy atom. The molecule has 2 aliphatic rings. The lowest BCUT2D eigenvalue weighted by atomic mass is 10.0. The van der Waals surface area contributed by atoms with Gasteiger partial charge in [-0.25, -0.2) is 9.48 Å². The summed E-state index contributed by atoms with van der Waals surface area (Å²) in [6.07, 6.45) is -1.14. The van der Waals surface area contributed by atoms with Crippen molar-refractivity contribution in [3.05, 3.63) is 47.2 Å². The molecule has 0 radical (unpaired) electrons. The maximum Gasteiger partial charge on any atom is 0.353 e. The van der Waals surface area contributed by atoms with E-state index in [0.29, 0.717) is 27.8 Å². The molecule has 1 aromatic carbocycles. The Labute approximate surface area is 213 Å². The minimum atomic E-state index is -1.21. The van der Waals surface area contributed by atoms with Gasteiger partial charge in [0.15, 0.2) is 0 Å². The molecule has 0 aliphatic carbocycles. The first-order valence-corrected chi connectivity index (χ1v) is 12.6. The number of carboxylic acid groups (broad SMARTS) is 1. The highest BCUT2D eigenvalue weighted by Crippen LogP contribution is 2.41. The summed E-state index contributed by atoms with van der Waals surface area (Å²) in [4.78, 5) is 39.3. The van der Waals surface area contributed by atoms with E-state index in [2.05, 4.69) is 20.8 Å². The number of carbonyl (C=O) groups excluding carboxylic acids is 2. The summed E-state index contributed by atoms with van der Waals surface area (Å²) >= 11 is 7.60. The molecule has 0 bridgehead atoms. The van der Waals surface area contributed by atoms with Gasteiger partial charge in [0.25, 0.3) is 11.8 Å². The molecule has 2 aliphatic heterocycles. The van der Waals surface area contributed by atoms with Crippen LogP contribution in [-0.2, 0) is 30.9 Å². The van der Waals surface area contributed by atoms with E-state index in [1.165, 1.54) is 40.2 Å². The maximum absolute atomic E-state index is 13.1. The van der Waals surface area contributed by atoms with Crippen LogP contribution in [0.25, 0.3) is 0 Å². The monoisotopic (exact) mass is 536 g/mol. The molecule has 2 aromatic rings. The van der Waals surface area contributed by atoms with E-state index in [0.717, 1.165) is 0 Å². The van der Waals surface area contributed by atoms with Gasteiger partial charge in [0.2, 0.25) is 11.3 Å². The van der Waals surface area contributed by atoms with Gasteiger partial charge in [-0.15, -0.1) is 16.9 Å². The number of nitrogens with one attached hydrogen (secondary N) is 1. The Kier molecular flexibility index (Phi) is 7.57. The number of carbonyl (C=O) groups is 3. The number of aliphatic carboxylic acids is 1. The van der Waals surface area contributed by atoms with Crippen LogP contribution in [0.1, 0.15) is 11.7 Å². The third-order valence-electron chi connectivity index (χ3n) is 5.23. The normalized spacial score (nSPS) is 19.9. The fourth-order valence-electron chi connectivity index (χ4n) is 3.56. The highest BCUT2D eigenvalue weighted by Gasteiger charge is 2.54. The molecule has 15 heteroatoms. The molecule has 3 atom stereocenters. The minimum Gasteiger partial charge on any atom is -0.477 e. The number of thioether (sulfide) groups is 2. The van der Waals surface area contributed by atoms with Crippen LogP contribution < -0.4 is 5.32 Å². The number of hydrogen-bond acceptors (Lipinski definition) is 11. The first kappa shape index (κ1) is 24.9. The summed E-state index contributed by atoms with van der Waals surface area (Å²) in [7, 11) is 3.00. The Bertz CT molecular complexity index is 1190. The number of thiocarbonyl (C=S) groups is 1. The summed E-state index contributed by atoms with van der Waals surface area (Å²) in [5.41, 5.74) is 1.01. The minimum absolute atomic E-state index is 0.0803. The number of aromatic nitrogens is 4. The number of carboxylic acids is 1. The van der Waals surface area contributed by atoms with Crippen molar-refractivity contribution in [2.24, 2.45) is 7.05 Å². The van der Waals surface area contributed by atoms with E-state index in [1.807, 2.05) is 0 Å². The van der Waals surface area contributed by atoms with E-state index >= 15 is 0 Å². The van der Waals surface area contributed by atoms with Crippen molar-refractivity contribution in [3.63, 3.8) is 0 Å². The average Bonchev–Trinajstić information content (AvgIpc) is 3.28. The summed E-state index contributed by atoms with van der Waals surface area (Å²) < 4.78 is 11.8. The number of methoxy groups -OCH3 is 1. The lowest BCUT2D eigenvalue weighted by Gasteiger charge is -2.49. The van der Waals surface area contributed by atoms with Gasteiger partial charge >= 0.3 is 11.2 Å². The number of β-lactam (4-membered cyclic amide) rings is 1. The van der Waals surface area contributed by atoms with E-state index in [4.69, 9.17) is 21.7 Å². The van der Waals surface area contributed by atoms with Crippen LogP contribution in [0, 0.1) is 0 Å². The smallest absolute Gasteiger partial charge is 0.353 e. The molecule has 1 saturated heterocycles. The van der Waals surface area contributed by atoms with Gasteiger partial charge in [0.05, 0.1) is 7.11 Å². The Morgan fingerprint density at radius 3 is 2.74 bits per heavy atom. The lowest BCUT2D eigenvalue weighted by molar-refractivity contribution is -0.151. The molecular weight excluding hydrogens is 516 g/mol. The zero-order valence-electron chi connectivity index (χ0n) is 18.5. The Morgan fingerprint density at radius 2 is 2.11 bits per heavy atom. The third-order valence-corrected chi connectivity index (χ3v) is 7.92. The largest absolute Gasteiger partial charge is 0.477 e. The molecule has 2 amide bonds. The van der Waals surface area contributed by atoms with Crippen LogP contribution in [0.5, 0.6) is 0 Å². The third kappa shape index (κ3) is 5.11. The summed E-state index contributed by atoms with van der Waals surface area (Å²) in [6, 6.07) is 7.73. The zero-order chi connectivity index (χ0) is 25.1. The number of nitrogens with zero attached hydrogens (tertiary/aromatic N) is 5. The predicted octanol–water partition coefficient (Wildman–Crippen LogP) is 0.730. The average molecular weight is 537 g/mol. The second-order valence-corrected chi connectivity index (χ2v) is 9.77. The second kappa shape index (κ2) is 10.6. The summed E-state index contributed by atoms with van der Waals surface area (Å²) in [5, 5.41) is 23.5. The first-order valence-electron chi connectivity index (χ1n) is 10.2. The predicted molar refractivity (Wildman–Crippen MR) is 129 cm³/mol. The number of fused-ring (bicyclic) bond motifs is 1. The van der Waals surface area contributed by atoms with Gasteiger partial charge in [-0.2, -0.15) is 0 Å². The van der Waals surface area contributed by atoms with Crippen molar-refractivity contribution in [2.45, 2.75) is 22.7 Å². The first-order chi connectivity index (χ1) is 16.8. The molecule has 4 rings (SSSR count). The van der Waals surface area contributed by atoms with Crippen molar-refractivity contribution in [2.75, 3.05) is 18.6 Å². The van der Waals surface area contributed by atoms with Gasteiger partial charge in [0.1, 0.15) is 17.1 Å². The Balaban J connectivity index is 1.49. The number of tetrazole rings is 1. The van der Waals surface area contributed by atoms with E-state index in [9.17, 15) is 19.5 Å². The number of aryl methyl sites for hydroxylation is 1. The van der Waals surface area contributed by atoms with Crippen LogP contribution in [0.4, 0.5) is 0 Å². The number of hydrogen-bond donors (Lipinski definition) is 2. The van der Waals surface area contributed by atoms with Crippen LogP contribution in [0.3, 0.4) is 0 Å². The molecule has 1 fully saturated rings. The molecule has 12 nitrogen and oxygen atoms in total. The van der Waals surface area contributed by atoms with Gasteiger partial charge in [0, 0.05) is 36.3 Å². The number of ether oxygens (including phenoxy) is 2. The van der Waals surface area contributed by atoms with Crippen LogP contribution >= 0.6 is 35.7 Å². The number of benzene rings is 1. The van der Waals surface area contributed by atoms with E-state index in [-0.39, 0.29) is 10.9 Å². The van der Waals surface area contributed by atoms with Crippen molar-refractivity contribution >= 4 is 58.8 Å². The molecule has 0 saturated carbocycles. The van der Waals surface area contributed by atoms with Crippen molar-refractivity contribution in [3.8, 4) is 0 Å². The molecule has 3 heterocycles. The quantitative estimate of drug-likeness (QED) is 0.278. The molecule has 35 heavy (non-hydrogen) atoms. The SMILES string of the molecule is COC(=S)OC(C(=O)N[C@H]1C(=O)N2C(C(=O)O)=C(CSc3nnnn3C)CSC12)c1ccccc1. The van der Waals surface area contributed by atoms with Crippen molar-refractivity contribution < 1.29 is 29.0 Å². The highest BCUT2D eigenvalue weighted by atomic mass is 32.2. The molecule has 1 aromatic heterocycles. The van der Waals surface area contributed by atoms with E-state index in [1.54, 1.807) is 37.4 Å². The molecule has 184 valence electrons. The fourth-order valence-corrected chi connectivity index (χ4v) is 5.99. The summed E-state index contributed by atoms with van der Waals surface area (Å²) in [6.45, 7) is 0. The van der Waals surface area contributed by atoms with Crippen LogP contribution in [0.2, 0.25) is 0 Å². The van der Waals surface area contributed by atoms with Crippen LogP contribution in [0.15, 0.2) is 46.8 Å². The topological polar surface area (TPSA) is 149 Å². The van der Waals surface area contributed by atoms with Gasteiger partial charge < -0.3 is 19.9 Å². The van der Waals surface area contributed by atoms with Gasteiger partial charge in [-0.05, 0) is 16.0 Å². The fraction of sp³-hybridized carbons (Fsp3) is 0.350. The molecule has 2 N–H and O–H groups in total. The van der Waals surface area contributed by atoms with Crippen molar-refractivity contribution in [1.82, 2.24) is 30.4 Å². The summed E-state index contributed by atoms with van der Waals surface area (Å²) in [5.74, 6) is -1.65. The Hall–Kier alpha value is -3.17. The van der Waals surface area contributed by atoms with Crippen LogP contribution in [-0.4, -0.2) is 83.3 Å². The maximum atomic E-state index is 13.1. The van der Waals surface area contributed by atoms with Crippen molar-refractivity contribution in [1.29, 1.82) is 0 Å². The zero-order valence-corrected chi connectivity index (χ0v) is 20.9. The number of amides is 2. The lowest BCUT2D eigenvalue weighted by Crippen LogP contribution is -2.71. The second-order valence-electron chi connectivity index (χ2n) is 7.39. The molecule has 0 spiro atoms. The van der Waals surface area contributed by atoms with E-state index < -0.39 is 35.3 Å². The molecule has 2 unspecified atom stereocenters. The molecular formula is C20H20N6O6S3. The highest BCUT2D eigenvalue weighted by molar-refractivity contribution is 8.01. The van der Waals surface area contributed by atoms with Gasteiger partial charge in [-0.1, -0.05) is 42.1 Å².